The fourth-order valence-electron chi connectivity index (χ4n) is 0. The van der Waals surface area contributed by atoms with Crippen LogP contribution in [0.15, 0.2) is 0 Å². The van der Waals surface area contributed by atoms with Crippen LogP contribution in [0.2, 0.25) is 0 Å². The molecule has 0 rings (SSSR count). The molecule has 0 aliphatic carbocycles. The van der Waals surface area contributed by atoms with Crippen molar-refractivity contribution in [3.8, 4) is 0 Å². The summed E-state index contributed by atoms with van der Waals surface area (Å²) in [6.45, 7) is 26.0. The molecule has 0 saturated heterocycles. The van der Waals surface area contributed by atoms with E-state index >= 15 is 0 Å². The molecule has 0 aliphatic rings. The second kappa shape index (κ2) is 30.2. The van der Waals surface area contributed by atoms with Crippen molar-refractivity contribution < 1.29 is 0 Å². The lowest BCUT2D eigenvalue weighted by Gasteiger charge is -1.79. The quantitative estimate of drug-likeness (QED) is 0.417. The van der Waals surface area contributed by atoms with Crippen molar-refractivity contribution in [3.05, 3.63) is 0 Å². The first-order chi connectivity index (χ1) is 6.93. The fraction of sp³-hybridized carbons (Fsp3) is 1.00. The summed E-state index contributed by atoms with van der Waals surface area (Å²) in [5, 5.41) is 0. The summed E-state index contributed by atoms with van der Waals surface area (Å²) in [7, 11) is 0. The zero-order chi connectivity index (χ0) is 14.3. The average molecular weight is 265 g/mol. The SMILES string of the molecule is C.C.CC(C)C.CC(C)C.CC(C)C.CC(C)C. The maximum absolute atomic E-state index is 2.17. The summed E-state index contributed by atoms with van der Waals surface area (Å²) < 4.78 is 0. The third-order valence-electron chi connectivity index (χ3n) is 0. The van der Waals surface area contributed by atoms with Gasteiger partial charge in [0.15, 0.2) is 0 Å². The van der Waals surface area contributed by atoms with E-state index in [-0.39, 0.29) is 14.9 Å². The van der Waals surface area contributed by atoms with Gasteiger partial charge in [-0.05, 0) is 23.7 Å². The van der Waals surface area contributed by atoms with Crippen LogP contribution in [0, 0.1) is 23.7 Å². The summed E-state index contributed by atoms with van der Waals surface area (Å²) in [6.07, 6.45) is 0. The summed E-state index contributed by atoms with van der Waals surface area (Å²) in [5.74, 6) is 3.33. The van der Waals surface area contributed by atoms with Crippen LogP contribution in [0.4, 0.5) is 0 Å². The van der Waals surface area contributed by atoms with Crippen LogP contribution in [0.3, 0.4) is 0 Å². The third kappa shape index (κ3) is 0. The Morgan fingerprint density at radius 1 is 0.278 bits per heavy atom. The van der Waals surface area contributed by atoms with Gasteiger partial charge in [-0.1, -0.05) is 97.9 Å². The molecule has 0 saturated carbocycles. The van der Waals surface area contributed by atoms with Crippen LogP contribution < -0.4 is 0 Å². The van der Waals surface area contributed by atoms with Crippen molar-refractivity contribution in [1.82, 2.24) is 0 Å². The minimum absolute atomic E-state index is 0. The van der Waals surface area contributed by atoms with Crippen molar-refractivity contribution in [2.45, 2.75) is 97.9 Å². The first-order valence-electron chi connectivity index (χ1n) is 6.93. The van der Waals surface area contributed by atoms with E-state index in [1.165, 1.54) is 0 Å². The van der Waals surface area contributed by atoms with E-state index in [9.17, 15) is 0 Å². The minimum Gasteiger partial charge on any atom is -0.0776 e. The van der Waals surface area contributed by atoms with Gasteiger partial charge in [-0.2, -0.15) is 0 Å². The van der Waals surface area contributed by atoms with E-state index in [4.69, 9.17) is 0 Å². The molecule has 0 aliphatic heterocycles. The van der Waals surface area contributed by atoms with Gasteiger partial charge in [0, 0.05) is 0 Å². The highest BCUT2D eigenvalue weighted by Gasteiger charge is 1.69. The molecule has 0 aromatic rings. The Bertz CT molecular complexity index is 43.0. The molecule has 0 heterocycles. The zero-order valence-electron chi connectivity index (χ0n) is 14.3. The van der Waals surface area contributed by atoms with Crippen molar-refractivity contribution in [3.63, 3.8) is 0 Å². The zero-order valence-corrected chi connectivity index (χ0v) is 14.3. The molecule has 120 valence electrons. The van der Waals surface area contributed by atoms with E-state index in [0.29, 0.717) is 0 Å². The maximum Gasteiger partial charge on any atom is -0.0500 e. The average Bonchev–Trinajstić information content (AvgIpc) is 1.76. The van der Waals surface area contributed by atoms with Crippen molar-refractivity contribution >= 4 is 0 Å². The van der Waals surface area contributed by atoms with Gasteiger partial charge in [-0.15, -0.1) is 0 Å². The molecule has 0 spiro atoms. The van der Waals surface area contributed by atoms with Crippen LogP contribution in [0.25, 0.3) is 0 Å². The highest BCUT2D eigenvalue weighted by atomic mass is 13.8. The number of hydrogen-bond acceptors (Lipinski definition) is 0. The summed E-state index contributed by atoms with van der Waals surface area (Å²) in [4.78, 5) is 0. The molecule has 0 N–H and O–H groups in total. The van der Waals surface area contributed by atoms with Crippen LogP contribution in [-0.2, 0) is 0 Å². The van der Waals surface area contributed by atoms with Crippen LogP contribution in [-0.4, -0.2) is 0 Å². The third-order valence-corrected chi connectivity index (χ3v) is 0. The normalized spacial score (nSPS) is 8.00. The molecule has 0 fully saturated rings. The molecule has 0 unspecified atom stereocenters. The molecule has 0 atom stereocenters. The molecule has 0 amide bonds. The van der Waals surface area contributed by atoms with E-state index in [0.717, 1.165) is 23.7 Å². The highest BCUT2D eigenvalue weighted by molar-refractivity contribution is 4.21. The van der Waals surface area contributed by atoms with Gasteiger partial charge in [0.05, 0.1) is 0 Å². The molecule has 0 nitrogen and oxygen atoms in total. The standard InChI is InChI=1S/4C4H10.2CH4/c4*1-4(2)3;;/h4*4H,1-3H3;2*1H4. The van der Waals surface area contributed by atoms with Gasteiger partial charge in [0.2, 0.25) is 0 Å². The smallest absolute Gasteiger partial charge is 0.0500 e. The number of rotatable bonds is 0. The molecule has 0 aromatic carbocycles. The first-order valence-corrected chi connectivity index (χ1v) is 6.93. The predicted octanol–water partition coefficient (Wildman–Crippen LogP) is 7.92. The van der Waals surface area contributed by atoms with Crippen molar-refractivity contribution in [2.75, 3.05) is 0 Å². The Hall–Kier alpha value is 0. The fourth-order valence-corrected chi connectivity index (χ4v) is 0. The monoisotopic (exact) mass is 264 g/mol. The Morgan fingerprint density at radius 3 is 0.278 bits per heavy atom. The molecule has 0 heteroatoms. The molecule has 0 radical (unpaired) electrons. The Balaban J connectivity index is -0.0000000257. The van der Waals surface area contributed by atoms with E-state index in [2.05, 4.69) is 83.1 Å². The second-order valence-corrected chi connectivity index (χ2v) is 6.93. The van der Waals surface area contributed by atoms with E-state index in [1.54, 1.807) is 0 Å². The molecule has 0 aromatic heterocycles. The second-order valence-electron chi connectivity index (χ2n) is 6.93. The van der Waals surface area contributed by atoms with Crippen molar-refractivity contribution in [2.24, 2.45) is 23.7 Å². The van der Waals surface area contributed by atoms with Gasteiger partial charge in [0.25, 0.3) is 0 Å². The largest absolute Gasteiger partial charge is 0.0776 e. The van der Waals surface area contributed by atoms with Crippen LogP contribution in [0.5, 0.6) is 0 Å². The Kier molecular flexibility index (Phi) is 60.7. The lowest BCUT2D eigenvalue weighted by atomic mass is 10.3. The van der Waals surface area contributed by atoms with Crippen LogP contribution in [0.1, 0.15) is 97.9 Å². The summed E-state index contributed by atoms with van der Waals surface area (Å²) in [5.41, 5.74) is 0. The predicted molar refractivity (Wildman–Crippen MR) is 95.5 cm³/mol. The van der Waals surface area contributed by atoms with Gasteiger partial charge >= 0.3 is 0 Å². The Labute approximate surface area is 122 Å². The Morgan fingerprint density at radius 2 is 0.278 bits per heavy atom. The summed E-state index contributed by atoms with van der Waals surface area (Å²) in [6, 6.07) is 0. The first kappa shape index (κ1) is 36.1. The molecule has 18 heavy (non-hydrogen) atoms. The molecular formula is C18H48. The van der Waals surface area contributed by atoms with Gasteiger partial charge in [0.1, 0.15) is 0 Å². The van der Waals surface area contributed by atoms with Crippen molar-refractivity contribution in [1.29, 1.82) is 0 Å². The molecule has 0 bridgehead atoms. The van der Waals surface area contributed by atoms with Crippen LogP contribution >= 0.6 is 0 Å². The lowest BCUT2D eigenvalue weighted by Crippen LogP contribution is -1.66. The van der Waals surface area contributed by atoms with Gasteiger partial charge in [-0.3, -0.25) is 0 Å². The van der Waals surface area contributed by atoms with E-state index < -0.39 is 0 Å². The van der Waals surface area contributed by atoms with Gasteiger partial charge < -0.3 is 0 Å². The van der Waals surface area contributed by atoms with E-state index in [1.807, 2.05) is 0 Å². The number of hydrogen-bond donors (Lipinski definition) is 0. The highest BCUT2D eigenvalue weighted by Crippen LogP contribution is 1.82. The maximum atomic E-state index is 2.17. The van der Waals surface area contributed by atoms with Gasteiger partial charge in [-0.25, -0.2) is 0 Å². The molecular weight excluding hydrogens is 216 g/mol. The topological polar surface area (TPSA) is 0 Å². The summed E-state index contributed by atoms with van der Waals surface area (Å²) >= 11 is 0. The minimum atomic E-state index is 0. The lowest BCUT2D eigenvalue weighted by molar-refractivity contribution is 0.736.